The summed E-state index contributed by atoms with van der Waals surface area (Å²) < 4.78 is 0. The summed E-state index contributed by atoms with van der Waals surface area (Å²) in [6.07, 6.45) is 1.03. The number of benzene rings is 2. The second-order valence-electron chi connectivity index (χ2n) is 5.01. The lowest BCUT2D eigenvalue weighted by Crippen LogP contribution is -1.92. The topological polar surface area (TPSA) is 0 Å². The Morgan fingerprint density at radius 1 is 0.611 bits per heavy atom. The van der Waals surface area contributed by atoms with Crippen LogP contribution in [0.3, 0.4) is 0 Å². The van der Waals surface area contributed by atoms with Gasteiger partial charge in [-0.1, -0.05) is 43.8 Å². The van der Waals surface area contributed by atoms with Crippen LogP contribution in [-0.2, 0) is 6.42 Å². The Balaban J connectivity index is 0.00000162. The summed E-state index contributed by atoms with van der Waals surface area (Å²) in [4.78, 5) is 0. The monoisotopic (exact) mass is 240 g/mol. The third-order valence-electron chi connectivity index (χ3n) is 3.55. The van der Waals surface area contributed by atoms with Gasteiger partial charge in [0.1, 0.15) is 0 Å². The Bertz CT molecular complexity index is 486. The van der Waals surface area contributed by atoms with Gasteiger partial charge in [0, 0.05) is 0 Å². The molecule has 0 aliphatic rings. The van der Waals surface area contributed by atoms with E-state index < -0.39 is 0 Å². The highest BCUT2D eigenvalue weighted by atomic mass is 14.1. The second-order valence-corrected chi connectivity index (χ2v) is 5.01. The fourth-order valence-electron chi connectivity index (χ4n) is 2.06. The molecular formula is C18H24. The molecule has 0 radical (unpaired) electrons. The third kappa shape index (κ3) is 3.22. The van der Waals surface area contributed by atoms with Crippen LogP contribution in [0, 0.1) is 27.7 Å². The molecule has 0 heteroatoms. The van der Waals surface area contributed by atoms with E-state index in [4.69, 9.17) is 0 Å². The van der Waals surface area contributed by atoms with Crippen molar-refractivity contribution in [1.82, 2.24) is 0 Å². The fourth-order valence-corrected chi connectivity index (χ4v) is 2.06. The SMILES string of the molecule is C.Cc1ccc(Cc2ccc(C)c(C)c2)cc1C. The lowest BCUT2D eigenvalue weighted by atomic mass is 9.98. The minimum absolute atomic E-state index is 0. The molecule has 0 aromatic heterocycles. The summed E-state index contributed by atoms with van der Waals surface area (Å²) in [5.74, 6) is 0. The van der Waals surface area contributed by atoms with Crippen molar-refractivity contribution in [2.75, 3.05) is 0 Å². The van der Waals surface area contributed by atoms with E-state index in [0.29, 0.717) is 0 Å². The Morgan fingerprint density at radius 2 is 1.00 bits per heavy atom. The van der Waals surface area contributed by atoms with Crippen LogP contribution in [0.4, 0.5) is 0 Å². The molecule has 0 heterocycles. The van der Waals surface area contributed by atoms with Crippen LogP contribution in [-0.4, -0.2) is 0 Å². The Kier molecular flexibility index (Phi) is 4.72. The molecule has 0 spiro atoms. The van der Waals surface area contributed by atoms with Crippen molar-refractivity contribution in [1.29, 1.82) is 0 Å². The van der Waals surface area contributed by atoms with Crippen molar-refractivity contribution in [3.05, 3.63) is 69.8 Å². The van der Waals surface area contributed by atoms with E-state index in [2.05, 4.69) is 64.1 Å². The van der Waals surface area contributed by atoms with Crippen molar-refractivity contribution < 1.29 is 0 Å². The Morgan fingerprint density at radius 3 is 1.33 bits per heavy atom. The van der Waals surface area contributed by atoms with E-state index in [0.717, 1.165) is 6.42 Å². The predicted octanol–water partition coefficient (Wildman–Crippen LogP) is 5.15. The van der Waals surface area contributed by atoms with Gasteiger partial charge < -0.3 is 0 Å². The summed E-state index contributed by atoms with van der Waals surface area (Å²) in [5.41, 5.74) is 8.30. The second kappa shape index (κ2) is 5.86. The van der Waals surface area contributed by atoms with E-state index in [1.54, 1.807) is 0 Å². The summed E-state index contributed by atoms with van der Waals surface area (Å²) in [7, 11) is 0. The molecule has 0 saturated carbocycles. The Hall–Kier alpha value is -1.56. The van der Waals surface area contributed by atoms with Crippen molar-refractivity contribution >= 4 is 0 Å². The Labute approximate surface area is 112 Å². The molecule has 0 N–H and O–H groups in total. The quantitative estimate of drug-likeness (QED) is 0.681. The lowest BCUT2D eigenvalue weighted by Gasteiger charge is -2.07. The number of hydrogen-bond donors (Lipinski definition) is 0. The summed E-state index contributed by atoms with van der Waals surface area (Å²) >= 11 is 0. The molecule has 0 bridgehead atoms. The predicted molar refractivity (Wildman–Crippen MR) is 81.4 cm³/mol. The van der Waals surface area contributed by atoms with Gasteiger partial charge in [-0.3, -0.25) is 0 Å². The average Bonchev–Trinajstić information content (AvgIpc) is 2.29. The van der Waals surface area contributed by atoms with Gasteiger partial charge in [-0.15, -0.1) is 0 Å². The van der Waals surface area contributed by atoms with E-state index >= 15 is 0 Å². The van der Waals surface area contributed by atoms with Gasteiger partial charge in [-0.05, 0) is 67.5 Å². The smallest absolute Gasteiger partial charge is 0.00256 e. The molecule has 96 valence electrons. The van der Waals surface area contributed by atoms with Crippen LogP contribution in [0.2, 0.25) is 0 Å². The molecule has 2 aromatic carbocycles. The highest BCUT2D eigenvalue weighted by molar-refractivity contribution is 5.36. The largest absolute Gasteiger partial charge is 0.0776 e. The molecule has 2 rings (SSSR count). The van der Waals surface area contributed by atoms with Gasteiger partial charge in [0.2, 0.25) is 0 Å². The van der Waals surface area contributed by atoms with Crippen LogP contribution >= 0.6 is 0 Å². The zero-order valence-electron chi connectivity index (χ0n) is 11.2. The summed E-state index contributed by atoms with van der Waals surface area (Å²) in [6.45, 7) is 8.68. The average molecular weight is 240 g/mol. The highest BCUT2D eigenvalue weighted by Gasteiger charge is 2.00. The van der Waals surface area contributed by atoms with Crippen molar-refractivity contribution in [3.8, 4) is 0 Å². The minimum atomic E-state index is 0. The highest BCUT2D eigenvalue weighted by Crippen LogP contribution is 2.16. The van der Waals surface area contributed by atoms with Crippen molar-refractivity contribution in [2.24, 2.45) is 0 Å². The molecule has 0 unspecified atom stereocenters. The van der Waals surface area contributed by atoms with E-state index in [1.165, 1.54) is 33.4 Å². The van der Waals surface area contributed by atoms with Gasteiger partial charge in [0.15, 0.2) is 0 Å². The minimum Gasteiger partial charge on any atom is -0.0776 e. The zero-order valence-corrected chi connectivity index (χ0v) is 11.2. The van der Waals surface area contributed by atoms with Crippen molar-refractivity contribution in [3.63, 3.8) is 0 Å². The number of rotatable bonds is 2. The standard InChI is InChI=1S/C17H20.CH4/c1-12-5-7-16(9-14(12)3)11-17-8-6-13(2)15(4)10-17;/h5-10H,11H2,1-4H3;1H4. The molecule has 0 amide bonds. The van der Waals surface area contributed by atoms with E-state index in [9.17, 15) is 0 Å². The van der Waals surface area contributed by atoms with Gasteiger partial charge in [0.25, 0.3) is 0 Å². The first kappa shape index (κ1) is 14.5. The summed E-state index contributed by atoms with van der Waals surface area (Å²) in [6, 6.07) is 13.5. The summed E-state index contributed by atoms with van der Waals surface area (Å²) in [5, 5.41) is 0. The maximum Gasteiger partial charge on any atom is -0.00256 e. The molecule has 0 nitrogen and oxygen atoms in total. The molecule has 0 atom stereocenters. The van der Waals surface area contributed by atoms with E-state index in [-0.39, 0.29) is 7.43 Å². The maximum atomic E-state index is 2.30. The van der Waals surface area contributed by atoms with Crippen molar-refractivity contribution in [2.45, 2.75) is 41.5 Å². The first-order valence-corrected chi connectivity index (χ1v) is 6.18. The van der Waals surface area contributed by atoms with E-state index in [1.807, 2.05) is 0 Å². The van der Waals surface area contributed by atoms with Gasteiger partial charge in [0.05, 0.1) is 0 Å². The molecule has 0 aliphatic carbocycles. The van der Waals surface area contributed by atoms with Crippen LogP contribution in [0.15, 0.2) is 36.4 Å². The number of aryl methyl sites for hydroxylation is 4. The first-order chi connectivity index (χ1) is 8.06. The van der Waals surface area contributed by atoms with Crippen LogP contribution < -0.4 is 0 Å². The zero-order chi connectivity index (χ0) is 12.4. The lowest BCUT2D eigenvalue weighted by molar-refractivity contribution is 1.15. The molecule has 0 aliphatic heterocycles. The molecule has 2 aromatic rings. The van der Waals surface area contributed by atoms with Gasteiger partial charge >= 0.3 is 0 Å². The molecule has 18 heavy (non-hydrogen) atoms. The third-order valence-corrected chi connectivity index (χ3v) is 3.55. The van der Waals surface area contributed by atoms with Gasteiger partial charge in [-0.2, -0.15) is 0 Å². The normalized spacial score (nSPS) is 10.0. The molecular weight excluding hydrogens is 216 g/mol. The first-order valence-electron chi connectivity index (χ1n) is 6.18. The fraction of sp³-hybridized carbons (Fsp3) is 0.333. The molecule has 0 fully saturated rings. The van der Waals surface area contributed by atoms with Crippen LogP contribution in [0.5, 0.6) is 0 Å². The van der Waals surface area contributed by atoms with Crippen LogP contribution in [0.25, 0.3) is 0 Å². The maximum absolute atomic E-state index is 2.30. The molecule has 0 saturated heterocycles. The van der Waals surface area contributed by atoms with Gasteiger partial charge in [-0.25, -0.2) is 0 Å². The van der Waals surface area contributed by atoms with Crippen LogP contribution in [0.1, 0.15) is 40.8 Å². The number of hydrogen-bond acceptors (Lipinski definition) is 0.